The summed E-state index contributed by atoms with van der Waals surface area (Å²) in [7, 11) is 0. The molecule has 0 saturated carbocycles. The molecule has 0 spiro atoms. The van der Waals surface area contributed by atoms with Crippen LogP contribution in [0.15, 0.2) is 12.4 Å². The molecule has 1 rings (SSSR count). The highest BCUT2D eigenvalue weighted by atomic mass is 16.3. The summed E-state index contributed by atoms with van der Waals surface area (Å²) in [6, 6.07) is 2.13. The van der Waals surface area contributed by atoms with Crippen LogP contribution in [0.3, 0.4) is 0 Å². The summed E-state index contributed by atoms with van der Waals surface area (Å²) in [5.74, 6) is 2.08. The van der Waals surface area contributed by atoms with Gasteiger partial charge in [0.25, 0.3) is 0 Å². The Kier molecular flexibility index (Phi) is 6.43. The van der Waals surface area contributed by atoms with E-state index in [1.54, 1.807) is 6.33 Å². The monoisotopic (exact) mass is 252 g/mol. The average Bonchev–Trinajstić information content (AvgIpc) is 2.36. The third-order valence-corrected chi connectivity index (χ3v) is 2.80. The number of nitrogens with zero attached hydrogens (tertiary/aromatic N) is 2. The van der Waals surface area contributed by atoms with Crippen LogP contribution < -0.4 is 10.6 Å². The number of nitrogens with one attached hydrogen (secondary N) is 2. The lowest BCUT2D eigenvalue weighted by molar-refractivity contribution is 0.267. The van der Waals surface area contributed by atoms with E-state index in [0.29, 0.717) is 5.92 Å². The Bertz CT molecular complexity index is 344. The van der Waals surface area contributed by atoms with Crippen LogP contribution in [0, 0.1) is 5.92 Å². The number of hydrogen-bond acceptors (Lipinski definition) is 5. The van der Waals surface area contributed by atoms with Gasteiger partial charge in [-0.05, 0) is 18.8 Å². The van der Waals surface area contributed by atoms with Crippen LogP contribution in [0.1, 0.15) is 33.6 Å². The first kappa shape index (κ1) is 14.7. The predicted molar refractivity (Wildman–Crippen MR) is 74.8 cm³/mol. The lowest BCUT2D eigenvalue weighted by Gasteiger charge is -2.22. The Hall–Kier alpha value is -1.36. The van der Waals surface area contributed by atoms with E-state index in [4.69, 9.17) is 5.11 Å². The van der Waals surface area contributed by atoms with Crippen molar-refractivity contribution in [1.29, 1.82) is 0 Å². The predicted octanol–water partition coefficient (Wildman–Crippen LogP) is 2.12. The van der Waals surface area contributed by atoms with Gasteiger partial charge in [-0.2, -0.15) is 0 Å². The number of aromatic nitrogens is 2. The Labute approximate surface area is 109 Å². The normalized spacial score (nSPS) is 12.5. The summed E-state index contributed by atoms with van der Waals surface area (Å²) in [5, 5.41) is 15.6. The van der Waals surface area contributed by atoms with Crippen LogP contribution in [0.5, 0.6) is 0 Å². The molecule has 102 valence electrons. The largest absolute Gasteiger partial charge is 0.396 e. The third-order valence-electron chi connectivity index (χ3n) is 2.80. The molecule has 0 saturated heterocycles. The number of anilines is 2. The number of hydrogen-bond donors (Lipinski definition) is 3. The smallest absolute Gasteiger partial charge is 0.131 e. The molecule has 1 unspecified atom stereocenters. The first-order valence-corrected chi connectivity index (χ1v) is 6.60. The first-order chi connectivity index (χ1) is 8.67. The minimum atomic E-state index is 0.182. The second kappa shape index (κ2) is 7.87. The molecule has 0 aliphatic rings. The summed E-state index contributed by atoms with van der Waals surface area (Å²) in [5.41, 5.74) is 0. The second-order valence-electron chi connectivity index (χ2n) is 4.72. The molecule has 1 heterocycles. The summed E-state index contributed by atoms with van der Waals surface area (Å²) < 4.78 is 0. The second-order valence-corrected chi connectivity index (χ2v) is 4.72. The first-order valence-electron chi connectivity index (χ1n) is 6.60. The molecule has 3 N–H and O–H groups in total. The molecule has 1 aromatic rings. The maximum absolute atomic E-state index is 9.05. The van der Waals surface area contributed by atoms with Crippen molar-refractivity contribution in [2.24, 2.45) is 5.92 Å². The van der Waals surface area contributed by atoms with Gasteiger partial charge in [-0.15, -0.1) is 0 Å². The molecule has 0 radical (unpaired) electrons. The fourth-order valence-corrected chi connectivity index (χ4v) is 1.69. The van der Waals surface area contributed by atoms with Crippen molar-refractivity contribution in [2.45, 2.75) is 39.7 Å². The van der Waals surface area contributed by atoms with Gasteiger partial charge in [0.2, 0.25) is 0 Å². The van der Waals surface area contributed by atoms with Gasteiger partial charge in [0.15, 0.2) is 0 Å². The molecule has 0 fully saturated rings. The summed E-state index contributed by atoms with van der Waals surface area (Å²) >= 11 is 0. The van der Waals surface area contributed by atoms with Crippen LogP contribution in [0.4, 0.5) is 11.6 Å². The van der Waals surface area contributed by atoms with E-state index in [1.165, 1.54) is 0 Å². The molecule has 0 amide bonds. The van der Waals surface area contributed by atoms with E-state index in [-0.39, 0.29) is 12.6 Å². The average molecular weight is 252 g/mol. The van der Waals surface area contributed by atoms with E-state index >= 15 is 0 Å². The van der Waals surface area contributed by atoms with Gasteiger partial charge in [0, 0.05) is 25.3 Å². The number of aliphatic hydroxyl groups is 1. The van der Waals surface area contributed by atoms with Crippen LogP contribution in [0.2, 0.25) is 0 Å². The van der Waals surface area contributed by atoms with Crippen molar-refractivity contribution in [3.05, 3.63) is 12.4 Å². The maximum atomic E-state index is 9.05. The van der Waals surface area contributed by atoms with Crippen molar-refractivity contribution >= 4 is 11.6 Å². The maximum Gasteiger partial charge on any atom is 0.131 e. The fraction of sp³-hybridized carbons (Fsp3) is 0.692. The zero-order chi connectivity index (χ0) is 13.4. The lowest BCUT2D eigenvalue weighted by atomic mass is 10.0. The molecular weight excluding hydrogens is 228 g/mol. The Morgan fingerprint density at radius 2 is 2.00 bits per heavy atom. The lowest BCUT2D eigenvalue weighted by Crippen LogP contribution is -2.27. The standard InChI is InChI=1S/C13H24N4O/c1-4-6-14-12-8-13(16-9-15-12)17-11(5-7-18)10(2)3/h8-11,18H,4-7H2,1-3H3,(H2,14,15,16,17). The molecule has 18 heavy (non-hydrogen) atoms. The van der Waals surface area contributed by atoms with E-state index < -0.39 is 0 Å². The molecule has 5 heteroatoms. The van der Waals surface area contributed by atoms with Crippen LogP contribution in [0.25, 0.3) is 0 Å². The van der Waals surface area contributed by atoms with E-state index in [1.807, 2.05) is 6.07 Å². The van der Waals surface area contributed by atoms with Gasteiger partial charge in [0.05, 0.1) is 0 Å². The highest BCUT2D eigenvalue weighted by Crippen LogP contribution is 2.15. The van der Waals surface area contributed by atoms with E-state index in [9.17, 15) is 0 Å². The molecule has 0 aromatic carbocycles. The Morgan fingerprint density at radius 3 is 2.61 bits per heavy atom. The van der Waals surface area contributed by atoms with Crippen LogP contribution >= 0.6 is 0 Å². The third kappa shape index (κ3) is 4.87. The van der Waals surface area contributed by atoms with E-state index in [0.717, 1.165) is 31.0 Å². The van der Waals surface area contributed by atoms with Crippen molar-refractivity contribution in [2.75, 3.05) is 23.8 Å². The van der Waals surface area contributed by atoms with Crippen LogP contribution in [-0.2, 0) is 0 Å². The van der Waals surface area contributed by atoms with Gasteiger partial charge < -0.3 is 15.7 Å². The molecular formula is C13H24N4O. The minimum Gasteiger partial charge on any atom is -0.396 e. The van der Waals surface area contributed by atoms with Gasteiger partial charge >= 0.3 is 0 Å². The van der Waals surface area contributed by atoms with Crippen molar-refractivity contribution in [3.8, 4) is 0 Å². The van der Waals surface area contributed by atoms with Crippen molar-refractivity contribution in [3.63, 3.8) is 0 Å². The topological polar surface area (TPSA) is 70.1 Å². The summed E-state index contributed by atoms with van der Waals surface area (Å²) in [6.07, 6.45) is 3.34. The zero-order valence-corrected chi connectivity index (χ0v) is 11.5. The van der Waals surface area contributed by atoms with Gasteiger partial charge in [0.1, 0.15) is 18.0 Å². The molecule has 0 aliphatic heterocycles. The Morgan fingerprint density at radius 1 is 1.28 bits per heavy atom. The summed E-state index contributed by atoms with van der Waals surface area (Å²) in [6.45, 7) is 7.46. The highest BCUT2D eigenvalue weighted by Gasteiger charge is 2.13. The fourth-order valence-electron chi connectivity index (χ4n) is 1.69. The van der Waals surface area contributed by atoms with Crippen molar-refractivity contribution in [1.82, 2.24) is 9.97 Å². The number of rotatable bonds is 8. The highest BCUT2D eigenvalue weighted by molar-refractivity contribution is 5.46. The van der Waals surface area contributed by atoms with Gasteiger partial charge in [-0.3, -0.25) is 0 Å². The van der Waals surface area contributed by atoms with Gasteiger partial charge in [-0.1, -0.05) is 20.8 Å². The molecule has 5 nitrogen and oxygen atoms in total. The summed E-state index contributed by atoms with van der Waals surface area (Å²) in [4.78, 5) is 8.37. The molecule has 0 aliphatic carbocycles. The van der Waals surface area contributed by atoms with E-state index in [2.05, 4.69) is 41.4 Å². The minimum absolute atomic E-state index is 0.182. The molecule has 1 atom stereocenters. The SMILES string of the molecule is CCCNc1cc(NC(CCO)C(C)C)ncn1. The molecule has 1 aromatic heterocycles. The quantitative estimate of drug-likeness (QED) is 0.661. The molecule has 0 bridgehead atoms. The Balaban J connectivity index is 2.64. The van der Waals surface area contributed by atoms with Crippen LogP contribution in [-0.4, -0.2) is 34.3 Å². The zero-order valence-electron chi connectivity index (χ0n) is 11.5. The van der Waals surface area contributed by atoms with Gasteiger partial charge in [-0.25, -0.2) is 9.97 Å². The number of aliphatic hydroxyl groups excluding tert-OH is 1. The van der Waals surface area contributed by atoms with Crippen molar-refractivity contribution < 1.29 is 5.11 Å².